The number of nitrogens with zero attached hydrogens (tertiary/aromatic N) is 1. The van der Waals surface area contributed by atoms with Crippen molar-refractivity contribution in [1.82, 2.24) is 4.57 Å². The lowest BCUT2D eigenvalue weighted by atomic mass is 10.2. The normalized spacial score (nSPS) is 10.8. The van der Waals surface area contributed by atoms with Crippen LogP contribution in [-0.4, -0.2) is 4.57 Å². The van der Waals surface area contributed by atoms with Gasteiger partial charge in [-0.2, -0.15) is 0 Å². The molecule has 27 heavy (non-hydrogen) atoms. The number of ether oxygens (including phenoxy) is 1. The van der Waals surface area contributed by atoms with Crippen LogP contribution < -0.4 is 16.1 Å². The molecular weight excluding hydrogens is 342 g/mol. The van der Waals surface area contributed by atoms with Gasteiger partial charge in [-0.3, -0.25) is 4.57 Å². The van der Waals surface area contributed by atoms with Crippen LogP contribution in [0.25, 0.3) is 10.9 Å². The van der Waals surface area contributed by atoms with Gasteiger partial charge in [-0.15, -0.1) is 0 Å². The Kier molecular flexibility index (Phi) is 4.58. The molecule has 0 unspecified atom stereocenters. The molecule has 4 aromatic rings. The van der Waals surface area contributed by atoms with E-state index in [0.717, 1.165) is 16.9 Å². The van der Waals surface area contributed by atoms with Gasteiger partial charge in [0.2, 0.25) is 0 Å². The monoisotopic (exact) mass is 359 g/mol. The first kappa shape index (κ1) is 16.8. The molecule has 0 saturated carbocycles. The summed E-state index contributed by atoms with van der Waals surface area (Å²) < 4.78 is 12.1. The van der Waals surface area contributed by atoms with Crippen LogP contribution in [0, 0.1) is 0 Å². The second kappa shape index (κ2) is 7.33. The summed E-state index contributed by atoms with van der Waals surface area (Å²) in [7, 11) is 0. The highest BCUT2D eigenvalue weighted by Gasteiger charge is 2.09. The van der Waals surface area contributed by atoms with E-state index >= 15 is 0 Å². The van der Waals surface area contributed by atoms with Crippen LogP contribution in [0.4, 0.5) is 0 Å². The van der Waals surface area contributed by atoms with Gasteiger partial charge in [0.15, 0.2) is 0 Å². The molecule has 134 valence electrons. The lowest BCUT2D eigenvalue weighted by Crippen LogP contribution is -2.25. The number of aromatic nitrogens is 1. The van der Waals surface area contributed by atoms with E-state index in [0.29, 0.717) is 24.1 Å². The van der Waals surface area contributed by atoms with Gasteiger partial charge in [0.05, 0.1) is 17.4 Å². The zero-order valence-electron chi connectivity index (χ0n) is 14.5. The third-order valence-corrected chi connectivity index (χ3v) is 4.33. The Morgan fingerprint density at radius 3 is 2.26 bits per heavy atom. The fraction of sp³-hybridized carbons (Fsp3) is 0.0909. The topological polar surface area (TPSA) is 61.4 Å². The molecule has 0 spiro atoms. The Balaban J connectivity index is 1.55. The van der Waals surface area contributed by atoms with Crippen molar-refractivity contribution in [3.05, 3.63) is 111 Å². The van der Waals surface area contributed by atoms with Crippen molar-refractivity contribution in [2.45, 2.75) is 13.2 Å². The minimum absolute atomic E-state index is 0.308. The molecule has 0 fully saturated rings. The summed E-state index contributed by atoms with van der Waals surface area (Å²) in [4.78, 5) is 24.0. The molecule has 5 nitrogen and oxygen atoms in total. The number of hydrogen-bond donors (Lipinski definition) is 0. The summed E-state index contributed by atoms with van der Waals surface area (Å²) in [5.41, 5.74) is 1.95. The Labute approximate surface area is 155 Å². The summed E-state index contributed by atoms with van der Waals surface area (Å²) in [6.07, 6.45) is 0. The smallest absolute Gasteiger partial charge is 0.422 e. The average Bonchev–Trinajstić information content (AvgIpc) is 2.71. The molecule has 1 aromatic heterocycles. The zero-order valence-corrected chi connectivity index (χ0v) is 14.5. The Morgan fingerprint density at radius 2 is 1.48 bits per heavy atom. The third-order valence-electron chi connectivity index (χ3n) is 4.33. The number of para-hydroxylation sites is 1. The average molecular weight is 359 g/mol. The van der Waals surface area contributed by atoms with E-state index in [1.807, 2.05) is 54.6 Å². The molecule has 0 amide bonds. The van der Waals surface area contributed by atoms with Gasteiger partial charge in [0.25, 0.3) is 0 Å². The number of hydrogen-bond acceptors (Lipinski definition) is 4. The molecule has 3 aromatic carbocycles. The molecule has 0 N–H and O–H groups in total. The highest BCUT2D eigenvalue weighted by atomic mass is 16.5. The fourth-order valence-electron chi connectivity index (χ4n) is 2.93. The van der Waals surface area contributed by atoms with Crippen molar-refractivity contribution >= 4 is 10.9 Å². The summed E-state index contributed by atoms with van der Waals surface area (Å²) in [6, 6.07) is 24.4. The number of rotatable bonds is 5. The summed E-state index contributed by atoms with van der Waals surface area (Å²) >= 11 is 0. The Morgan fingerprint density at radius 1 is 0.778 bits per heavy atom. The van der Waals surface area contributed by atoms with Gasteiger partial charge < -0.3 is 9.15 Å². The lowest BCUT2D eigenvalue weighted by Gasteiger charge is -2.10. The van der Waals surface area contributed by atoms with Crippen LogP contribution in [0.1, 0.15) is 11.1 Å². The van der Waals surface area contributed by atoms with Gasteiger partial charge in [-0.25, -0.2) is 9.59 Å². The Hall–Kier alpha value is -3.60. The molecule has 4 rings (SSSR count). The second-order valence-corrected chi connectivity index (χ2v) is 6.18. The van der Waals surface area contributed by atoms with Crippen LogP contribution >= 0.6 is 0 Å². The molecule has 0 bridgehead atoms. The minimum Gasteiger partial charge on any atom is -0.489 e. The molecular formula is C22H17NO4. The molecule has 0 aliphatic rings. The highest BCUT2D eigenvalue weighted by Crippen LogP contribution is 2.16. The first-order valence-corrected chi connectivity index (χ1v) is 8.59. The maximum Gasteiger partial charge on any atom is 0.422 e. The minimum atomic E-state index is -0.664. The molecule has 0 aliphatic carbocycles. The van der Waals surface area contributed by atoms with Gasteiger partial charge in [0, 0.05) is 0 Å². The number of benzene rings is 3. The zero-order chi connectivity index (χ0) is 18.6. The molecule has 0 aliphatic heterocycles. The van der Waals surface area contributed by atoms with E-state index in [1.54, 1.807) is 24.3 Å². The largest absolute Gasteiger partial charge is 0.489 e. The highest BCUT2D eigenvalue weighted by molar-refractivity contribution is 5.77. The van der Waals surface area contributed by atoms with Crippen LogP contribution in [0.15, 0.2) is 92.9 Å². The van der Waals surface area contributed by atoms with Crippen molar-refractivity contribution in [2.75, 3.05) is 0 Å². The van der Waals surface area contributed by atoms with Crippen molar-refractivity contribution < 1.29 is 9.15 Å². The van der Waals surface area contributed by atoms with Crippen molar-refractivity contribution in [2.24, 2.45) is 0 Å². The van der Waals surface area contributed by atoms with Crippen molar-refractivity contribution in [1.29, 1.82) is 0 Å². The van der Waals surface area contributed by atoms with Crippen LogP contribution in [0.2, 0.25) is 0 Å². The first-order valence-electron chi connectivity index (χ1n) is 8.59. The predicted octanol–water partition coefficient (Wildman–Crippen LogP) is 3.58. The van der Waals surface area contributed by atoms with E-state index in [-0.39, 0.29) is 0 Å². The van der Waals surface area contributed by atoms with Crippen LogP contribution in [0.5, 0.6) is 5.75 Å². The van der Waals surface area contributed by atoms with E-state index in [4.69, 9.17) is 9.15 Å². The third kappa shape index (κ3) is 3.67. The van der Waals surface area contributed by atoms with Crippen molar-refractivity contribution in [3.8, 4) is 5.75 Å². The van der Waals surface area contributed by atoms with Crippen LogP contribution in [0.3, 0.4) is 0 Å². The molecule has 0 saturated heterocycles. The van der Waals surface area contributed by atoms with Gasteiger partial charge in [0.1, 0.15) is 12.4 Å². The van der Waals surface area contributed by atoms with E-state index in [1.165, 1.54) is 4.57 Å². The lowest BCUT2D eigenvalue weighted by molar-refractivity contribution is 0.306. The molecule has 1 heterocycles. The Bertz CT molecular complexity index is 1170. The van der Waals surface area contributed by atoms with Crippen LogP contribution in [-0.2, 0) is 13.2 Å². The maximum atomic E-state index is 12.2. The quantitative estimate of drug-likeness (QED) is 0.546. The van der Waals surface area contributed by atoms with E-state index in [9.17, 15) is 9.59 Å². The van der Waals surface area contributed by atoms with E-state index in [2.05, 4.69) is 0 Å². The van der Waals surface area contributed by atoms with Gasteiger partial charge in [-0.05, 0) is 35.4 Å². The molecule has 0 atom stereocenters. The second-order valence-electron chi connectivity index (χ2n) is 6.18. The summed E-state index contributed by atoms with van der Waals surface area (Å²) in [5, 5.41) is 0.389. The fourth-order valence-corrected chi connectivity index (χ4v) is 2.93. The maximum absolute atomic E-state index is 12.2. The SMILES string of the molecule is O=c1oc(=O)n(Cc2ccc(OCc3ccccc3)cc2)c2ccccc12. The summed E-state index contributed by atoms with van der Waals surface area (Å²) in [5.74, 6) is 0.0857. The van der Waals surface area contributed by atoms with Gasteiger partial charge >= 0.3 is 11.4 Å². The number of fused-ring (bicyclic) bond motifs is 1. The predicted molar refractivity (Wildman–Crippen MR) is 103 cm³/mol. The standard InChI is InChI=1S/C22H17NO4/c24-21-19-8-4-5-9-20(19)23(22(25)27-21)14-16-10-12-18(13-11-16)26-15-17-6-2-1-3-7-17/h1-13H,14-15H2. The molecule has 5 heteroatoms. The molecule has 0 radical (unpaired) electrons. The first-order chi connectivity index (χ1) is 13.2. The van der Waals surface area contributed by atoms with E-state index < -0.39 is 11.4 Å². The summed E-state index contributed by atoms with van der Waals surface area (Å²) in [6.45, 7) is 0.802. The van der Waals surface area contributed by atoms with Crippen molar-refractivity contribution in [3.63, 3.8) is 0 Å². The van der Waals surface area contributed by atoms with Gasteiger partial charge in [-0.1, -0.05) is 54.6 Å².